The molecule has 1 atom stereocenters. The van der Waals surface area contributed by atoms with Crippen LogP contribution in [0, 0.1) is 6.92 Å². The molecule has 0 radical (unpaired) electrons. The number of hydrogen-bond acceptors (Lipinski definition) is 5. The summed E-state index contributed by atoms with van der Waals surface area (Å²) in [6.07, 6.45) is 1.42. The Morgan fingerprint density at radius 1 is 1.18 bits per heavy atom. The van der Waals surface area contributed by atoms with Gasteiger partial charge in [0.25, 0.3) is 0 Å². The molecule has 2 rings (SSSR count). The van der Waals surface area contributed by atoms with Crippen LogP contribution in [0.4, 0.5) is 5.69 Å². The van der Waals surface area contributed by atoms with E-state index in [1.807, 2.05) is 13.0 Å². The van der Waals surface area contributed by atoms with E-state index in [9.17, 15) is 18.0 Å². The topological polar surface area (TPSA) is 96.0 Å². The molecule has 1 N–H and O–H groups in total. The number of sulfonamides is 1. The lowest BCUT2D eigenvalue weighted by Gasteiger charge is -2.32. The minimum atomic E-state index is -3.77. The average Bonchev–Trinajstić information content (AvgIpc) is 2.78. The van der Waals surface area contributed by atoms with Gasteiger partial charge in [0.05, 0.1) is 19.1 Å². The quantitative estimate of drug-likeness (QED) is 0.500. The fraction of sp³-hybridized carbons (Fsp3) is 0.391. The van der Waals surface area contributed by atoms with Crippen molar-refractivity contribution in [2.45, 2.75) is 32.9 Å². The number of hydrogen-bond donors (Lipinski definition) is 1. The maximum Gasteiger partial charge on any atom is 0.244 e. The fourth-order valence-corrected chi connectivity index (χ4v) is 4.54. The van der Waals surface area contributed by atoms with E-state index in [1.54, 1.807) is 50.4 Å². The summed E-state index contributed by atoms with van der Waals surface area (Å²) < 4.78 is 32.4. The van der Waals surface area contributed by atoms with Crippen LogP contribution < -0.4 is 14.4 Å². The molecule has 0 aliphatic heterocycles. The third kappa shape index (κ3) is 6.94. The number of rotatable bonds is 10. The summed E-state index contributed by atoms with van der Waals surface area (Å²) in [5.74, 6) is -0.186. The van der Waals surface area contributed by atoms with E-state index >= 15 is 0 Å². The van der Waals surface area contributed by atoms with Crippen LogP contribution in [-0.4, -0.2) is 58.1 Å². The molecule has 2 aromatic rings. The SMILES string of the molecule is CC[C@H](C(=O)NC)N(Cc1cccc(OC)c1)C(=O)CN(c1ccc(Br)c(C)c1)S(C)(=O)=O. The molecular weight excluding hydrogens is 510 g/mol. The van der Waals surface area contributed by atoms with Gasteiger partial charge in [0.1, 0.15) is 18.3 Å². The van der Waals surface area contributed by atoms with Crippen LogP contribution in [0.3, 0.4) is 0 Å². The van der Waals surface area contributed by atoms with Crippen LogP contribution in [0.2, 0.25) is 0 Å². The molecule has 0 fully saturated rings. The number of amides is 2. The number of carbonyl (C=O) groups excluding carboxylic acids is 2. The van der Waals surface area contributed by atoms with Crippen molar-refractivity contribution in [1.82, 2.24) is 10.2 Å². The zero-order valence-corrected chi connectivity index (χ0v) is 21.9. The second-order valence-electron chi connectivity index (χ2n) is 7.61. The minimum absolute atomic E-state index is 0.124. The van der Waals surface area contributed by atoms with Crippen molar-refractivity contribution in [2.75, 3.05) is 31.3 Å². The lowest BCUT2D eigenvalue weighted by atomic mass is 10.1. The van der Waals surface area contributed by atoms with Crippen molar-refractivity contribution < 1.29 is 22.7 Å². The first-order chi connectivity index (χ1) is 15.5. The van der Waals surface area contributed by atoms with Crippen LogP contribution in [0.25, 0.3) is 0 Å². The summed E-state index contributed by atoms with van der Waals surface area (Å²) >= 11 is 3.41. The summed E-state index contributed by atoms with van der Waals surface area (Å²) in [5, 5.41) is 2.59. The number of nitrogens with one attached hydrogen (secondary N) is 1. The van der Waals surface area contributed by atoms with E-state index in [4.69, 9.17) is 4.74 Å². The van der Waals surface area contributed by atoms with Crippen LogP contribution in [0.1, 0.15) is 24.5 Å². The number of halogens is 1. The number of nitrogens with zero attached hydrogens (tertiary/aromatic N) is 2. The number of ether oxygens (including phenoxy) is 1. The Kier molecular flexibility index (Phi) is 9.30. The summed E-state index contributed by atoms with van der Waals surface area (Å²) in [5.41, 5.74) is 1.97. The van der Waals surface area contributed by atoms with Gasteiger partial charge in [-0.3, -0.25) is 13.9 Å². The maximum atomic E-state index is 13.5. The molecule has 33 heavy (non-hydrogen) atoms. The molecule has 0 heterocycles. The van der Waals surface area contributed by atoms with Crippen molar-refractivity contribution in [3.8, 4) is 5.75 Å². The summed E-state index contributed by atoms with van der Waals surface area (Å²) in [4.78, 5) is 27.5. The first-order valence-electron chi connectivity index (χ1n) is 10.4. The van der Waals surface area contributed by atoms with E-state index in [0.717, 1.165) is 26.2 Å². The van der Waals surface area contributed by atoms with Crippen LogP contribution in [0.5, 0.6) is 5.75 Å². The second-order valence-corrected chi connectivity index (χ2v) is 10.4. The molecule has 0 aliphatic carbocycles. The van der Waals surface area contributed by atoms with Crippen molar-refractivity contribution in [3.63, 3.8) is 0 Å². The molecule has 0 bridgehead atoms. The zero-order valence-electron chi connectivity index (χ0n) is 19.5. The van der Waals surface area contributed by atoms with Crippen LogP contribution >= 0.6 is 15.9 Å². The van der Waals surface area contributed by atoms with E-state index in [-0.39, 0.29) is 12.5 Å². The van der Waals surface area contributed by atoms with Gasteiger partial charge in [0, 0.05) is 18.1 Å². The third-order valence-electron chi connectivity index (χ3n) is 5.23. The van der Waals surface area contributed by atoms with E-state index in [2.05, 4.69) is 21.2 Å². The zero-order chi connectivity index (χ0) is 24.8. The highest BCUT2D eigenvalue weighted by molar-refractivity contribution is 9.10. The maximum absolute atomic E-state index is 13.5. The third-order valence-corrected chi connectivity index (χ3v) is 7.26. The first-order valence-corrected chi connectivity index (χ1v) is 13.0. The normalized spacial score (nSPS) is 12.1. The molecule has 0 saturated carbocycles. The number of anilines is 1. The smallest absolute Gasteiger partial charge is 0.244 e. The molecule has 0 spiro atoms. The first kappa shape index (κ1) is 26.7. The largest absolute Gasteiger partial charge is 0.497 e. The summed E-state index contributed by atoms with van der Waals surface area (Å²) in [6, 6.07) is 11.5. The lowest BCUT2D eigenvalue weighted by molar-refractivity contribution is -0.140. The van der Waals surface area contributed by atoms with Crippen molar-refractivity contribution in [2.24, 2.45) is 0 Å². The Morgan fingerprint density at radius 2 is 1.88 bits per heavy atom. The van der Waals surface area contributed by atoms with Crippen molar-refractivity contribution >= 4 is 43.5 Å². The fourth-order valence-electron chi connectivity index (χ4n) is 3.45. The molecule has 0 unspecified atom stereocenters. The Balaban J connectivity index is 2.45. The van der Waals surface area contributed by atoms with Gasteiger partial charge >= 0.3 is 0 Å². The van der Waals surface area contributed by atoms with Crippen molar-refractivity contribution in [3.05, 3.63) is 58.1 Å². The lowest BCUT2D eigenvalue weighted by Crippen LogP contribution is -2.51. The predicted octanol–water partition coefficient (Wildman–Crippen LogP) is 3.09. The number of likely N-dealkylation sites (N-methyl/N-ethyl adjacent to an activating group) is 1. The van der Waals surface area contributed by atoms with Gasteiger partial charge in [-0.2, -0.15) is 0 Å². The highest BCUT2D eigenvalue weighted by Gasteiger charge is 2.31. The predicted molar refractivity (Wildman–Crippen MR) is 133 cm³/mol. The Labute approximate surface area is 204 Å². The highest BCUT2D eigenvalue weighted by Crippen LogP contribution is 2.25. The van der Waals surface area contributed by atoms with Crippen LogP contribution in [0.15, 0.2) is 46.9 Å². The number of benzene rings is 2. The number of methoxy groups -OCH3 is 1. The highest BCUT2D eigenvalue weighted by atomic mass is 79.9. The van der Waals surface area contributed by atoms with Gasteiger partial charge < -0.3 is 15.0 Å². The number of carbonyl (C=O) groups is 2. The molecule has 10 heteroatoms. The molecule has 180 valence electrons. The van der Waals surface area contributed by atoms with Gasteiger partial charge in [0.15, 0.2) is 0 Å². The standard InChI is InChI=1S/C23H30BrN3O5S/c1-6-21(23(29)25-3)26(14-17-8-7-9-19(13-17)32-4)22(28)15-27(33(5,30)31)18-10-11-20(24)16(2)12-18/h7-13,21H,6,14-15H2,1-5H3,(H,25,29)/t21-/m1/s1. The van der Waals surface area contributed by atoms with E-state index in [0.29, 0.717) is 17.9 Å². The van der Waals surface area contributed by atoms with Gasteiger partial charge in [-0.25, -0.2) is 8.42 Å². The van der Waals surface area contributed by atoms with E-state index in [1.165, 1.54) is 11.9 Å². The molecule has 2 amide bonds. The molecule has 0 aromatic heterocycles. The Bertz CT molecular complexity index is 1110. The minimum Gasteiger partial charge on any atom is -0.497 e. The molecule has 8 nitrogen and oxygen atoms in total. The van der Waals surface area contributed by atoms with Crippen molar-refractivity contribution in [1.29, 1.82) is 0 Å². The second kappa shape index (κ2) is 11.5. The number of aryl methyl sites for hydroxylation is 1. The van der Waals surface area contributed by atoms with E-state index < -0.39 is 28.5 Å². The monoisotopic (exact) mass is 539 g/mol. The van der Waals surface area contributed by atoms with Gasteiger partial charge in [-0.1, -0.05) is 35.0 Å². The van der Waals surface area contributed by atoms with Crippen LogP contribution in [-0.2, 0) is 26.2 Å². The molecular formula is C23H30BrN3O5S. The van der Waals surface area contributed by atoms with Gasteiger partial charge in [-0.05, 0) is 54.8 Å². The Hall–Kier alpha value is -2.59. The summed E-state index contributed by atoms with van der Waals surface area (Å²) in [7, 11) is -0.714. The Morgan fingerprint density at radius 3 is 2.42 bits per heavy atom. The molecule has 0 aliphatic rings. The summed E-state index contributed by atoms with van der Waals surface area (Å²) in [6.45, 7) is 3.33. The van der Waals surface area contributed by atoms with Gasteiger partial charge in [0.2, 0.25) is 21.8 Å². The average molecular weight is 540 g/mol. The molecule has 2 aromatic carbocycles. The van der Waals surface area contributed by atoms with Gasteiger partial charge in [-0.15, -0.1) is 0 Å². The molecule has 0 saturated heterocycles.